The van der Waals surface area contributed by atoms with Crippen molar-refractivity contribution in [1.29, 1.82) is 0 Å². The third-order valence-corrected chi connectivity index (χ3v) is 13.6. The van der Waals surface area contributed by atoms with Gasteiger partial charge in [-0.15, -0.1) is 0 Å². The van der Waals surface area contributed by atoms with Crippen molar-refractivity contribution in [3.05, 3.63) is 0 Å². The van der Waals surface area contributed by atoms with Gasteiger partial charge in [-0.2, -0.15) is 0 Å². The van der Waals surface area contributed by atoms with Crippen LogP contribution in [0.5, 0.6) is 0 Å². The highest BCUT2D eigenvalue weighted by molar-refractivity contribution is 5.12. The van der Waals surface area contributed by atoms with Crippen molar-refractivity contribution in [3.63, 3.8) is 0 Å². The fourth-order valence-electron chi connectivity index (χ4n) is 10.8. The van der Waals surface area contributed by atoms with Crippen LogP contribution in [-0.2, 0) is 0 Å². The number of unbranched alkanes of at least 4 members (excludes halogenated alkanes) is 1. The van der Waals surface area contributed by atoms with E-state index in [4.69, 9.17) is 5.73 Å². The zero-order valence-corrected chi connectivity index (χ0v) is 28.9. The molecule has 4 aliphatic rings. The van der Waals surface area contributed by atoms with Crippen LogP contribution in [0, 0.1) is 52.3 Å². The number of hydrogen-bond donors (Lipinski definition) is 6. The second-order valence-corrected chi connectivity index (χ2v) is 16.5. The van der Waals surface area contributed by atoms with E-state index in [-0.39, 0.29) is 12.2 Å². The molecule has 11 atom stereocenters. The third-order valence-electron chi connectivity index (χ3n) is 13.6. The lowest BCUT2D eigenvalue weighted by Gasteiger charge is -2.62. The van der Waals surface area contributed by atoms with E-state index < -0.39 is 0 Å². The average molecular weight is 605 g/mol. The van der Waals surface area contributed by atoms with Crippen molar-refractivity contribution in [2.24, 2.45) is 58.0 Å². The summed E-state index contributed by atoms with van der Waals surface area (Å²) in [5, 5.41) is 33.2. The van der Waals surface area contributed by atoms with Crippen LogP contribution in [0.1, 0.15) is 125 Å². The van der Waals surface area contributed by atoms with Gasteiger partial charge in [0.1, 0.15) is 0 Å². The first-order chi connectivity index (χ1) is 20.6. The quantitative estimate of drug-likeness (QED) is 0.112. The Bertz CT molecular complexity index is 811. The third kappa shape index (κ3) is 8.57. The van der Waals surface area contributed by atoms with Gasteiger partial charge in [-0.3, -0.25) is 0 Å². The van der Waals surface area contributed by atoms with Crippen LogP contribution >= 0.6 is 0 Å². The molecule has 0 saturated heterocycles. The Balaban J connectivity index is 1.20. The monoisotopic (exact) mass is 605 g/mol. The van der Waals surface area contributed by atoms with Crippen LogP contribution < -0.4 is 21.7 Å². The van der Waals surface area contributed by atoms with Gasteiger partial charge >= 0.3 is 0 Å². The number of hydrogen-bond acceptors (Lipinski definition) is 6. The Kier molecular flexibility index (Phi) is 13.7. The van der Waals surface area contributed by atoms with Gasteiger partial charge in [-0.25, -0.2) is 0 Å². The van der Waals surface area contributed by atoms with Crippen molar-refractivity contribution in [1.82, 2.24) is 16.0 Å². The molecule has 252 valence electrons. The van der Waals surface area contributed by atoms with Crippen molar-refractivity contribution in [3.8, 4) is 0 Å². The molecule has 0 amide bonds. The lowest BCUT2D eigenvalue weighted by Crippen LogP contribution is -2.59. The predicted molar refractivity (Wildman–Crippen MR) is 181 cm³/mol. The maximum absolute atomic E-state index is 11.8. The highest BCUT2D eigenvalue weighted by Crippen LogP contribution is 2.68. The smallest absolute Gasteiger partial charge is 0.0577 e. The van der Waals surface area contributed by atoms with Gasteiger partial charge in [-0.05, 0) is 181 Å². The van der Waals surface area contributed by atoms with Crippen molar-refractivity contribution < 1.29 is 10.2 Å². The summed E-state index contributed by atoms with van der Waals surface area (Å²) >= 11 is 0. The second kappa shape index (κ2) is 16.5. The molecule has 7 N–H and O–H groups in total. The van der Waals surface area contributed by atoms with E-state index >= 15 is 0 Å². The van der Waals surface area contributed by atoms with E-state index in [0.717, 1.165) is 70.9 Å². The highest BCUT2D eigenvalue weighted by Gasteiger charge is 2.62. The molecule has 4 saturated carbocycles. The SMILES string of the molecule is CC(C)C(O)CC[C@@H](C)[C@H]1CC[C@H]2[C@@H]3[C@@H](O)C[C@H]4C[C@@H](NCCCNCCCCNCCCN)CC[C@]4(C)[C@H]3CC[C@]12C. The zero-order valence-electron chi connectivity index (χ0n) is 28.9. The van der Waals surface area contributed by atoms with Crippen LogP contribution in [0.4, 0.5) is 0 Å². The number of fused-ring (bicyclic) bond motifs is 5. The van der Waals surface area contributed by atoms with Crippen LogP contribution in [-0.4, -0.2) is 67.7 Å². The molecule has 6 heteroatoms. The summed E-state index contributed by atoms with van der Waals surface area (Å²) in [5.74, 6) is 4.28. The van der Waals surface area contributed by atoms with E-state index in [9.17, 15) is 10.2 Å². The van der Waals surface area contributed by atoms with E-state index in [0.29, 0.717) is 52.4 Å². The summed E-state index contributed by atoms with van der Waals surface area (Å²) in [4.78, 5) is 0. The number of nitrogens with one attached hydrogen (secondary N) is 3. The van der Waals surface area contributed by atoms with Gasteiger partial charge in [-0.1, -0.05) is 34.6 Å². The standard InChI is InChI=1S/C37H72N4O2/c1-26(2)33(42)13-10-27(3)30-11-12-31-35-32(15-17-37(30,31)5)36(4)16-14-29(24-28(36)25-34(35)43)41-23-9-22-40-20-7-6-19-39-21-8-18-38/h26-35,39-43H,6-25,38H2,1-5H3/t27-,28-,29+,30-,31+,32+,33?,34+,35+,36+,37-/m1/s1. The van der Waals surface area contributed by atoms with Crippen molar-refractivity contribution >= 4 is 0 Å². The minimum atomic E-state index is -0.170. The highest BCUT2D eigenvalue weighted by atomic mass is 16.3. The lowest BCUT2D eigenvalue weighted by molar-refractivity contribution is -0.167. The molecule has 6 nitrogen and oxygen atoms in total. The van der Waals surface area contributed by atoms with Gasteiger partial charge in [0, 0.05) is 6.04 Å². The largest absolute Gasteiger partial charge is 0.393 e. The topological polar surface area (TPSA) is 103 Å². The van der Waals surface area contributed by atoms with Crippen LogP contribution in [0.3, 0.4) is 0 Å². The first-order valence-electron chi connectivity index (χ1n) is 18.8. The van der Waals surface area contributed by atoms with Crippen LogP contribution in [0.15, 0.2) is 0 Å². The van der Waals surface area contributed by atoms with Gasteiger partial charge in [0.05, 0.1) is 12.2 Å². The first-order valence-corrected chi connectivity index (χ1v) is 18.8. The fraction of sp³-hybridized carbons (Fsp3) is 1.00. The van der Waals surface area contributed by atoms with Gasteiger partial charge in [0.2, 0.25) is 0 Å². The van der Waals surface area contributed by atoms with Crippen molar-refractivity contribution in [2.45, 2.75) is 143 Å². The van der Waals surface area contributed by atoms with E-state index in [1.165, 1.54) is 64.2 Å². The number of aliphatic hydroxyl groups is 2. The Morgan fingerprint density at radius 1 is 0.767 bits per heavy atom. The molecule has 4 rings (SSSR count). The Morgan fingerprint density at radius 3 is 2.12 bits per heavy atom. The van der Waals surface area contributed by atoms with Crippen LogP contribution in [0.2, 0.25) is 0 Å². The van der Waals surface area contributed by atoms with Gasteiger partial charge < -0.3 is 31.9 Å². The molecule has 0 aromatic heterocycles. The molecular weight excluding hydrogens is 532 g/mol. The number of rotatable bonds is 18. The molecule has 0 aliphatic heterocycles. The molecule has 43 heavy (non-hydrogen) atoms. The summed E-state index contributed by atoms with van der Waals surface area (Å²) < 4.78 is 0. The van der Waals surface area contributed by atoms with Gasteiger partial charge in [0.25, 0.3) is 0 Å². The molecular formula is C37H72N4O2. The molecule has 4 aliphatic carbocycles. The Labute approximate surface area is 265 Å². The maximum atomic E-state index is 11.8. The summed E-state index contributed by atoms with van der Waals surface area (Å²) in [7, 11) is 0. The Morgan fingerprint density at radius 2 is 1.42 bits per heavy atom. The summed E-state index contributed by atoms with van der Waals surface area (Å²) in [5.41, 5.74) is 6.30. The van der Waals surface area contributed by atoms with Crippen molar-refractivity contribution in [2.75, 3.05) is 39.3 Å². The predicted octanol–water partition coefficient (Wildman–Crippen LogP) is 5.71. The van der Waals surface area contributed by atoms with E-state index in [1.807, 2.05) is 0 Å². The first kappa shape index (κ1) is 35.6. The second-order valence-electron chi connectivity index (χ2n) is 16.5. The molecule has 0 radical (unpaired) electrons. The molecule has 0 aromatic rings. The zero-order chi connectivity index (χ0) is 31.0. The van der Waals surface area contributed by atoms with E-state index in [1.54, 1.807) is 0 Å². The molecule has 0 aromatic carbocycles. The number of nitrogens with two attached hydrogens (primary N) is 1. The maximum Gasteiger partial charge on any atom is 0.0577 e. The molecule has 0 bridgehead atoms. The van der Waals surface area contributed by atoms with E-state index in [2.05, 4.69) is 50.6 Å². The average Bonchev–Trinajstić information content (AvgIpc) is 3.34. The van der Waals surface area contributed by atoms with Gasteiger partial charge in [0.15, 0.2) is 0 Å². The molecule has 4 fully saturated rings. The summed E-state index contributed by atoms with van der Waals surface area (Å²) in [6.07, 6.45) is 16.7. The van der Waals surface area contributed by atoms with Crippen LogP contribution in [0.25, 0.3) is 0 Å². The summed E-state index contributed by atoms with van der Waals surface area (Å²) in [6, 6.07) is 0.619. The fourth-order valence-corrected chi connectivity index (χ4v) is 10.8. The molecule has 0 heterocycles. The minimum Gasteiger partial charge on any atom is -0.393 e. The molecule has 0 spiro atoms. The molecule has 1 unspecified atom stereocenters. The minimum absolute atomic E-state index is 0.122. The summed E-state index contributed by atoms with van der Waals surface area (Å²) in [6.45, 7) is 18.2. The number of aliphatic hydroxyl groups excluding tert-OH is 2. The Hall–Kier alpha value is -0.240. The normalized spacial score (nSPS) is 38.9. The lowest BCUT2D eigenvalue weighted by atomic mass is 9.43.